The van der Waals surface area contributed by atoms with Crippen LogP contribution in [0.1, 0.15) is 5.56 Å². The molecule has 104 valence electrons. The van der Waals surface area contributed by atoms with E-state index >= 15 is 0 Å². The molecule has 0 spiro atoms. The Labute approximate surface area is 113 Å². The first-order chi connectivity index (χ1) is 9.60. The molecule has 20 heavy (non-hydrogen) atoms. The van der Waals surface area contributed by atoms with Gasteiger partial charge in [0.25, 0.3) is 5.69 Å². The average Bonchev–Trinajstić information content (AvgIpc) is 2.46. The lowest BCUT2D eigenvalue weighted by Gasteiger charge is -2.08. The van der Waals surface area contributed by atoms with Gasteiger partial charge in [0.05, 0.1) is 17.1 Å². The quantitative estimate of drug-likeness (QED) is 0.438. The standard InChI is InChI=1S/C12H12FN5O2/c13-10-4-2-1-3-8(10)7-15-11-5-9(18(19)20)6-12(16-11)17-14/h1-6H,7,14H2,(H2,15,16,17). The number of nitrogens with two attached hydrogens (primary N) is 1. The number of pyridine rings is 1. The fraction of sp³-hybridized carbons (Fsp3) is 0.0833. The van der Waals surface area contributed by atoms with E-state index in [4.69, 9.17) is 5.84 Å². The number of rotatable bonds is 5. The molecule has 1 aromatic heterocycles. The summed E-state index contributed by atoms with van der Waals surface area (Å²) in [6.45, 7) is 0.158. The predicted molar refractivity (Wildman–Crippen MR) is 72.4 cm³/mol. The molecule has 4 N–H and O–H groups in total. The van der Waals surface area contributed by atoms with Gasteiger partial charge in [0, 0.05) is 12.1 Å². The van der Waals surface area contributed by atoms with E-state index in [-0.39, 0.29) is 29.7 Å². The minimum Gasteiger partial charge on any atom is -0.366 e. The first-order valence-electron chi connectivity index (χ1n) is 5.70. The molecule has 0 radical (unpaired) electrons. The summed E-state index contributed by atoms with van der Waals surface area (Å²) in [6, 6.07) is 8.69. The lowest BCUT2D eigenvalue weighted by Crippen LogP contribution is -2.11. The van der Waals surface area contributed by atoms with Gasteiger partial charge in [-0.25, -0.2) is 15.2 Å². The van der Waals surface area contributed by atoms with Gasteiger partial charge < -0.3 is 10.7 Å². The van der Waals surface area contributed by atoms with Crippen molar-refractivity contribution in [1.82, 2.24) is 4.98 Å². The van der Waals surface area contributed by atoms with Gasteiger partial charge >= 0.3 is 0 Å². The molecule has 7 nitrogen and oxygen atoms in total. The predicted octanol–water partition coefficient (Wildman–Crippen LogP) is 2.03. The topological polar surface area (TPSA) is 106 Å². The zero-order valence-electron chi connectivity index (χ0n) is 10.3. The SMILES string of the molecule is NNc1cc([N+](=O)[O-])cc(NCc2ccccc2F)n1. The second kappa shape index (κ2) is 5.93. The minimum atomic E-state index is -0.559. The number of anilines is 2. The largest absolute Gasteiger partial charge is 0.366 e. The number of nitrogen functional groups attached to an aromatic ring is 1. The zero-order valence-corrected chi connectivity index (χ0v) is 10.3. The number of hydrogen-bond acceptors (Lipinski definition) is 6. The van der Waals surface area contributed by atoms with Gasteiger partial charge in [0.15, 0.2) is 0 Å². The van der Waals surface area contributed by atoms with Crippen LogP contribution in [0, 0.1) is 15.9 Å². The molecule has 0 saturated carbocycles. The first kappa shape index (κ1) is 13.7. The Bertz CT molecular complexity index is 635. The normalized spacial score (nSPS) is 10.1. The fourth-order valence-corrected chi connectivity index (χ4v) is 1.61. The highest BCUT2D eigenvalue weighted by atomic mass is 19.1. The van der Waals surface area contributed by atoms with Crippen molar-refractivity contribution < 1.29 is 9.31 Å². The van der Waals surface area contributed by atoms with Crippen LogP contribution in [0.25, 0.3) is 0 Å². The third-order valence-electron chi connectivity index (χ3n) is 2.59. The maximum absolute atomic E-state index is 13.4. The molecular formula is C12H12FN5O2. The number of aromatic nitrogens is 1. The second-order valence-electron chi connectivity index (χ2n) is 3.94. The molecular weight excluding hydrogens is 265 g/mol. The fourth-order valence-electron chi connectivity index (χ4n) is 1.61. The highest BCUT2D eigenvalue weighted by molar-refractivity contribution is 5.54. The van der Waals surface area contributed by atoms with E-state index < -0.39 is 4.92 Å². The van der Waals surface area contributed by atoms with Crippen molar-refractivity contribution in [3.63, 3.8) is 0 Å². The Morgan fingerprint density at radius 3 is 2.65 bits per heavy atom. The van der Waals surface area contributed by atoms with Crippen molar-refractivity contribution in [1.29, 1.82) is 0 Å². The van der Waals surface area contributed by atoms with E-state index in [2.05, 4.69) is 15.7 Å². The third-order valence-corrected chi connectivity index (χ3v) is 2.59. The van der Waals surface area contributed by atoms with E-state index in [1.807, 2.05) is 0 Å². The monoisotopic (exact) mass is 277 g/mol. The van der Waals surface area contributed by atoms with Crippen LogP contribution in [0.3, 0.4) is 0 Å². The highest BCUT2D eigenvalue weighted by Crippen LogP contribution is 2.20. The molecule has 1 aromatic carbocycles. The Kier molecular flexibility index (Phi) is 4.06. The molecule has 0 aliphatic rings. The van der Waals surface area contributed by atoms with Crippen LogP contribution in [-0.2, 0) is 6.54 Å². The number of benzene rings is 1. The van der Waals surface area contributed by atoms with Crippen LogP contribution in [0.4, 0.5) is 21.7 Å². The Morgan fingerprint density at radius 2 is 2.00 bits per heavy atom. The van der Waals surface area contributed by atoms with Gasteiger partial charge in [-0.05, 0) is 6.07 Å². The molecule has 2 aromatic rings. The van der Waals surface area contributed by atoms with Crippen molar-refractivity contribution in [3.05, 3.63) is 57.9 Å². The zero-order chi connectivity index (χ0) is 14.5. The smallest absolute Gasteiger partial charge is 0.276 e. The Hall–Kier alpha value is -2.74. The van der Waals surface area contributed by atoms with Crippen LogP contribution in [0.5, 0.6) is 0 Å². The molecule has 0 saturated heterocycles. The van der Waals surface area contributed by atoms with Crippen molar-refractivity contribution in [2.24, 2.45) is 5.84 Å². The van der Waals surface area contributed by atoms with Gasteiger partial charge in [-0.1, -0.05) is 18.2 Å². The number of halogens is 1. The Morgan fingerprint density at radius 1 is 1.30 bits per heavy atom. The highest BCUT2D eigenvalue weighted by Gasteiger charge is 2.11. The number of nitrogens with zero attached hydrogens (tertiary/aromatic N) is 2. The summed E-state index contributed by atoms with van der Waals surface area (Å²) in [7, 11) is 0. The van der Waals surface area contributed by atoms with Crippen LogP contribution in [0.15, 0.2) is 36.4 Å². The minimum absolute atomic E-state index is 0.148. The maximum Gasteiger partial charge on any atom is 0.276 e. The lowest BCUT2D eigenvalue weighted by atomic mass is 10.2. The molecule has 0 bridgehead atoms. The van der Waals surface area contributed by atoms with E-state index in [9.17, 15) is 14.5 Å². The molecule has 8 heteroatoms. The average molecular weight is 277 g/mol. The number of hydrazine groups is 1. The Balaban J connectivity index is 2.19. The molecule has 0 amide bonds. The summed E-state index contributed by atoms with van der Waals surface area (Å²) in [5.74, 6) is 5.22. The third kappa shape index (κ3) is 3.18. The van der Waals surface area contributed by atoms with Crippen molar-refractivity contribution >= 4 is 17.3 Å². The van der Waals surface area contributed by atoms with Crippen LogP contribution in [-0.4, -0.2) is 9.91 Å². The molecule has 0 atom stereocenters. The van der Waals surface area contributed by atoms with Crippen LogP contribution < -0.4 is 16.6 Å². The summed E-state index contributed by atoms with van der Waals surface area (Å²) in [5.41, 5.74) is 2.51. The first-order valence-corrected chi connectivity index (χ1v) is 5.70. The van der Waals surface area contributed by atoms with E-state index in [0.29, 0.717) is 5.56 Å². The summed E-state index contributed by atoms with van der Waals surface area (Å²) >= 11 is 0. The molecule has 0 unspecified atom stereocenters. The van der Waals surface area contributed by atoms with Gasteiger partial charge in [0.2, 0.25) is 0 Å². The van der Waals surface area contributed by atoms with E-state index in [0.717, 1.165) is 0 Å². The maximum atomic E-state index is 13.4. The summed E-state index contributed by atoms with van der Waals surface area (Å²) in [4.78, 5) is 14.2. The molecule has 0 fully saturated rings. The van der Waals surface area contributed by atoms with E-state index in [1.165, 1.54) is 18.2 Å². The summed E-state index contributed by atoms with van der Waals surface area (Å²) in [6.07, 6.45) is 0. The van der Waals surface area contributed by atoms with Crippen molar-refractivity contribution in [2.45, 2.75) is 6.54 Å². The summed E-state index contributed by atoms with van der Waals surface area (Å²) < 4.78 is 13.4. The molecule has 0 aliphatic heterocycles. The van der Waals surface area contributed by atoms with Gasteiger partial charge in [-0.15, -0.1) is 0 Å². The number of hydrogen-bond donors (Lipinski definition) is 3. The van der Waals surface area contributed by atoms with Crippen molar-refractivity contribution in [3.8, 4) is 0 Å². The van der Waals surface area contributed by atoms with Gasteiger partial charge in [-0.3, -0.25) is 10.1 Å². The summed E-state index contributed by atoms with van der Waals surface area (Å²) in [5, 5.41) is 13.6. The van der Waals surface area contributed by atoms with Gasteiger partial charge in [0.1, 0.15) is 17.5 Å². The van der Waals surface area contributed by atoms with Crippen LogP contribution >= 0.6 is 0 Å². The van der Waals surface area contributed by atoms with Gasteiger partial charge in [-0.2, -0.15) is 0 Å². The number of nitro groups is 1. The molecule has 2 rings (SSSR count). The molecule has 1 heterocycles. The van der Waals surface area contributed by atoms with Crippen LogP contribution in [0.2, 0.25) is 0 Å². The molecule has 0 aliphatic carbocycles. The lowest BCUT2D eigenvalue weighted by molar-refractivity contribution is -0.384. The van der Waals surface area contributed by atoms with Crippen molar-refractivity contribution in [2.75, 3.05) is 10.7 Å². The second-order valence-corrected chi connectivity index (χ2v) is 3.94. The van der Waals surface area contributed by atoms with E-state index in [1.54, 1.807) is 18.2 Å². The number of nitrogens with one attached hydrogen (secondary N) is 2.